The summed E-state index contributed by atoms with van der Waals surface area (Å²) in [6.07, 6.45) is 38.5. The third kappa shape index (κ3) is 31.8. The number of carbonyl (C=O) groups excluding carboxylic acids is 1. The minimum Gasteiger partial charge on any atom is -0.387 e. The average Bonchev–Trinajstić information content (AvgIpc) is 2.96. The van der Waals surface area contributed by atoms with Crippen molar-refractivity contribution in [1.29, 1.82) is 0 Å². The Kier molecular flexibility index (Phi) is 29.6. The molecule has 0 aromatic rings. The van der Waals surface area contributed by atoms with Crippen LogP contribution in [-0.4, -0.2) is 41.9 Å². The van der Waals surface area contributed by atoms with E-state index in [4.69, 9.17) is 0 Å². The maximum absolute atomic E-state index is 12.4. The molecule has 0 bridgehead atoms. The van der Waals surface area contributed by atoms with Gasteiger partial charge in [-0.1, -0.05) is 159 Å². The first-order valence-electron chi connectivity index (χ1n) is 17.7. The van der Waals surface area contributed by atoms with Crippen molar-refractivity contribution < 1.29 is 22.9 Å². The molecule has 3 N–H and O–H groups in total. The third-order valence-corrected chi connectivity index (χ3v) is 8.56. The fourth-order valence-corrected chi connectivity index (χ4v) is 5.87. The number of allylic oxidation sites excluding steroid dienone is 5. The van der Waals surface area contributed by atoms with Gasteiger partial charge in [-0.3, -0.25) is 9.35 Å². The predicted molar refractivity (Wildman–Crippen MR) is 184 cm³/mol. The zero-order valence-electron chi connectivity index (χ0n) is 27.8. The Morgan fingerprint density at radius 2 is 1.00 bits per heavy atom. The second kappa shape index (κ2) is 30.6. The van der Waals surface area contributed by atoms with Crippen molar-refractivity contribution in [3.63, 3.8) is 0 Å². The highest BCUT2D eigenvalue weighted by atomic mass is 32.2. The van der Waals surface area contributed by atoms with Crippen molar-refractivity contribution in [1.82, 2.24) is 5.32 Å². The first kappa shape index (κ1) is 41.6. The minimum atomic E-state index is -4.35. The average molecular weight is 626 g/mol. The van der Waals surface area contributed by atoms with Gasteiger partial charge in [0, 0.05) is 6.42 Å². The third-order valence-electron chi connectivity index (χ3n) is 7.78. The van der Waals surface area contributed by atoms with Crippen LogP contribution < -0.4 is 5.32 Å². The highest BCUT2D eigenvalue weighted by Gasteiger charge is 2.24. The van der Waals surface area contributed by atoms with E-state index in [0.29, 0.717) is 6.42 Å². The molecule has 0 saturated heterocycles. The van der Waals surface area contributed by atoms with Gasteiger partial charge in [-0.2, -0.15) is 8.42 Å². The molecule has 7 heteroatoms. The molecule has 1 amide bonds. The zero-order valence-corrected chi connectivity index (χ0v) is 28.6. The molecule has 0 rings (SSSR count). The van der Waals surface area contributed by atoms with E-state index in [0.717, 1.165) is 44.9 Å². The number of nitrogens with one attached hydrogen (secondary N) is 1. The van der Waals surface area contributed by atoms with Gasteiger partial charge >= 0.3 is 0 Å². The molecule has 0 radical (unpaired) electrons. The number of unbranched alkanes of at least 4 members (excludes halogenated alkanes) is 19. The van der Waals surface area contributed by atoms with Crippen molar-refractivity contribution in [2.75, 3.05) is 5.75 Å². The highest BCUT2D eigenvalue weighted by Crippen LogP contribution is 2.14. The SMILES string of the molecule is CCC/C=C/CC/C=C/CC/C=C/C(O)C(CS(=O)(=O)O)NC(=O)CCCCCCCCCCCCCCCCCCC. The number of rotatable bonds is 31. The fourth-order valence-electron chi connectivity index (χ4n) is 5.13. The van der Waals surface area contributed by atoms with E-state index in [2.05, 4.69) is 43.5 Å². The Morgan fingerprint density at radius 1 is 0.605 bits per heavy atom. The van der Waals surface area contributed by atoms with E-state index in [1.54, 1.807) is 6.08 Å². The van der Waals surface area contributed by atoms with Crippen LogP contribution in [0.5, 0.6) is 0 Å². The minimum absolute atomic E-state index is 0.287. The molecule has 0 saturated carbocycles. The summed E-state index contributed by atoms with van der Waals surface area (Å²) >= 11 is 0. The van der Waals surface area contributed by atoms with Crippen LogP contribution in [-0.2, 0) is 14.9 Å². The Balaban J connectivity index is 3.99. The first-order valence-corrected chi connectivity index (χ1v) is 19.3. The molecule has 0 spiro atoms. The van der Waals surface area contributed by atoms with Gasteiger partial charge in [-0.25, -0.2) is 0 Å². The van der Waals surface area contributed by atoms with Gasteiger partial charge in [0.2, 0.25) is 5.91 Å². The Morgan fingerprint density at radius 3 is 1.42 bits per heavy atom. The van der Waals surface area contributed by atoms with Crippen molar-refractivity contribution in [3.05, 3.63) is 36.5 Å². The molecular formula is C36H67NO5S. The lowest BCUT2D eigenvalue weighted by Gasteiger charge is -2.21. The molecule has 252 valence electrons. The second-order valence-electron chi connectivity index (χ2n) is 12.1. The number of aliphatic hydroxyl groups is 1. The van der Waals surface area contributed by atoms with Gasteiger partial charge < -0.3 is 10.4 Å². The summed E-state index contributed by atoms with van der Waals surface area (Å²) in [6, 6.07) is -1.07. The van der Waals surface area contributed by atoms with Crippen LogP contribution >= 0.6 is 0 Å². The Labute approximate surface area is 266 Å². The highest BCUT2D eigenvalue weighted by molar-refractivity contribution is 7.85. The summed E-state index contributed by atoms with van der Waals surface area (Å²) in [5.41, 5.74) is 0. The zero-order chi connectivity index (χ0) is 31.9. The molecule has 0 aliphatic heterocycles. The lowest BCUT2D eigenvalue weighted by molar-refractivity contribution is -0.122. The number of amides is 1. The van der Waals surface area contributed by atoms with Crippen molar-refractivity contribution >= 4 is 16.0 Å². The van der Waals surface area contributed by atoms with Crippen LogP contribution in [0.4, 0.5) is 0 Å². The van der Waals surface area contributed by atoms with Crippen LogP contribution in [0.2, 0.25) is 0 Å². The summed E-state index contributed by atoms with van der Waals surface area (Å²) in [5, 5.41) is 13.1. The number of carbonyl (C=O) groups is 1. The molecule has 2 unspecified atom stereocenters. The number of hydrogen-bond donors (Lipinski definition) is 3. The van der Waals surface area contributed by atoms with E-state index < -0.39 is 28.0 Å². The smallest absolute Gasteiger partial charge is 0.267 e. The van der Waals surface area contributed by atoms with Crippen LogP contribution in [0.3, 0.4) is 0 Å². The van der Waals surface area contributed by atoms with Gasteiger partial charge in [-0.15, -0.1) is 0 Å². The number of aliphatic hydroxyl groups excluding tert-OH is 1. The van der Waals surface area contributed by atoms with Gasteiger partial charge in [-0.05, 0) is 38.5 Å². The van der Waals surface area contributed by atoms with Crippen LogP contribution in [0.25, 0.3) is 0 Å². The number of hydrogen-bond acceptors (Lipinski definition) is 4. The van der Waals surface area contributed by atoms with Gasteiger partial charge in [0.25, 0.3) is 10.1 Å². The molecule has 6 nitrogen and oxygen atoms in total. The Bertz CT molecular complexity index is 821. The van der Waals surface area contributed by atoms with E-state index in [1.807, 2.05) is 0 Å². The summed E-state index contributed by atoms with van der Waals surface area (Å²) in [4.78, 5) is 12.4. The molecule has 0 fully saturated rings. The van der Waals surface area contributed by atoms with Crippen molar-refractivity contribution in [2.45, 2.75) is 180 Å². The normalized spacial score (nSPS) is 13.9. The summed E-state index contributed by atoms with van der Waals surface area (Å²) < 4.78 is 32.3. The van der Waals surface area contributed by atoms with E-state index in [9.17, 15) is 22.9 Å². The molecule has 0 heterocycles. The molecule has 0 aromatic heterocycles. The molecule has 0 aliphatic rings. The predicted octanol–water partition coefficient (Wildman–Crippen LogP) is 9.79. The van der Waals surface area contributed by atoms with Gasteiger partial charge in [0.05, 0.1) is 17.9 Å². The van der Waals surface area contributed by atoms with Crippen molar-refractivity contribution in [2.24, 2.45) is 0 Å². The maximum Gasteiger partial charge on any atom is 0.267 e. The van der Waals surface area contributed by atoms with Crippen LogP contribution in [0, 0.1) is 0 Å². The summed E-state index contributed by atoms with van der Waals surface area (Å²) in [7, 11) is -4.35. The van der Waals surface area contributed by atoms with E-state index >= 15 is 0 Å². The lowest BCUT2D eigenvalue weighted by Crippen LogP contribution is -2.46. The molecule has 2 atom stereocenters. The molecule has 0 aliphatic carbocycles. The maximum atomic E-state index is 12.4. The van der Waals surface area contributed by atoms with E-state index in [-0.39, 0.29) is 12.3 Å². The van der Waals surface area contributed by atoms with Gasteiger partial charge in [0.1, 0.15) is 0 Å². The monoisotopic (exact) mass is 625 g/mol. The largest absolute Gasteiger partial charge is 0.387 e. The molecule has 0 aromatic carbocycles. The second-order valence-corrected chi connectivity index (χ2v) is 13.6. The standard InChI is InChI=1S/C36H67NO5S/c1-3-5-7-9-11-13-15-16-17-18-19-20-22-24-26-28-30-32-36(39)37-34(33-43(40,41)42)35(38)31-29-27-25-23-21-14-12-10-8-6-4-2/h8,10,21,23,29,31,34-35,38H,3-7,9,11-20,22,24-28,30,32-33H2,1-2H3,(H,37,39)(H,40,41,42)/b10-8+,23-21+,31-29+. The van der Waals surface area contributed by atoms with Crippen molar-refractivity contribution in [3.8, 4) is 0 Å². The van der Waals surface area contributed by atoms with E-state index in [1.165, 1.54) is 102 Å². The Hall–Kier alpha value is -1.44. The quantitative estimate of drug-likeness (QED) is 0.0404. The molecule has 43 heavy (non-hydrogen) atoms. The topological polar surface area (TPSA) is 104 Å². The first-order chi connectivity index (χ1) is 20.8. The molecular weight excluding hydrogens is 558 g/mol. The van der Waals surface area contributed by atoms with Crippen LogP contribution in [0.1, 0.15) is 168 Å². The lowest BCUT2D eigenvalue weighted by atomic mass is 10.0. The summed E-state index contributed by atoms with van der Waals surface area (Å²) in [6.45, 7) is 4.43. The fraction of sp³-hybridized carbons (Fsp3) is 0.806. The van der Waals surface area contributed by atoms with Gasteiger partial charge in [0.15, 0.2) is 0 Å². The van der Waals surface area contributed by atoms with Crippen LogP contribution in [0.15, 0.2) is 36.5 Å². The summed E-state index contributed by atoms with van der Waals surface area (Å²) in [5.74, 6) is -1.01.